The molecule has 0 fully saturated rings. The lowest BCUT2D eigenvalue weighted by molar-refractivity contribution is -0.121. The Hall–Kier alpha value is -4.11. The van der Waals surface area contributed by atoms with Crippen LogP contribution in [0.25, 0.3) is 16.6 Å². The van der Waals surface area contributed by atoms with Crippen molar-refractivity contribution in [3.63, 3.8) is 0 Å². The summed E-state index contributed by atoms with van der Waals surface area (Å²) in [7, 11) is 1.61. The Labute approximate surface area is 230 Å². The molecular weight excluding hydrogens is 513 g/mol. The number of ether oxygens (including phenoxy) is 1. The molecule has 1 atom stereocenters. The average molecular weight is 544 g/mol. The number of carbonyl (C=O) groups is 1. The molecule has 1 amide bonds. The summed E-state index contributed by atoms with van der Waals surface area (Å²) in [5.41, 5.74) is 4.80. The summed E-state index contributed by atoms with van der Waals surface area (Å²) in [5.74, 6) is 1.43. The smallest absolute Gasteiger partial charge is 0.225 e. The van der Waals surface area contributed by atoms with Crippen LogP contribution in [0.4, 0.5) is 4.39 Å². The highest BCUT2D eigenvalue weighted by molar-refractivity contribution is 7.99. The molecule has 0 bridgehead atoms. The van der Waals surface area contributed by atoms with E-state index in [2.05, 4.69) is 20.5 Å². The highest BCUT2D eigenvalue weighted by atomic mass is 32.2. The number of methoxy groups -OCH3 is 1. The molecule has 200 valence electrons. The van der Waals surface area contributed by atoms with Crippen molar-refractivity contribution in [2.45, 2.75) is 31.0 Å². The molecule has 5 rings (SSSR count). The fourth-order valence-electron chi connectivity index (χ4n) is 4.73. The van der Waals surface area contributed by atoms with Crippen molar-refractivity contribution >= 4 is 28.6 Å². The van der Waals surface area contributed by atoms with E-state index in [0.29, 0.717) is 17.4 Å². The standard InChI is InChI=1S/C30H30FN5O2S/c1-20-25(24-10-6-7-11-26(24)32-20)19-28(37)33-27(18-21-8-4-3-5-9-21)29-34-35-30(39-17-16-31)36(29)22-12-14-23(38-2)15-13-22/h3-15,27,32H,16-19H2,1-2H3,(H,33,37). The maximum atomic E-state index is 13.5. The third-order valence-corrected chi connectivity index (χ3v) is 7.47. The Morgan fingerprint density at radius 2 is 1.79 bits per heavy atom. The lowest BCUT2D eigenvalue weighted by Crippen LogP contribution is -2.33. The fraction of sp³-hybridized carbons (Fsp3) is 0.233. The van der Waals surface area contributed by atoms with Crippen LogP contribution in [0.2, 0.25) is 0 Å². The molecule has 2 aromatic heterocycles. The van der Waals surface area contributed by atoms with Crippen molar-refractivity contribution in [2.75, 3.05) is 19.5 Å². The number of fused-ring (bicyclic) bond motifs is 1. The quantitative estimate of drug-likeness (QED) is 0.207. The summed E-state index contributed by atoms with van der Waals surface area (Å²) in [6.07, 6.45) is 0.739. The summed E-state index contributed by atoms with van der Waals surface area (Å²) in [5, 5.41) is 13.7. The van der Waals surface area contributed by atoms with Gasteiger partial charge in [0, 0.05) is 28.0 Å². The zero-order valence-electron chi connectivity index (χ0n) is 21.9. The van der Waals surface area contributed by atoms with E-state index >= 15 is 0 Å². The van der Waals surface area contributed by atoms with E-state index in [4.69, 9.17) is 4.74 Å². The van der Waals surface area contributed by atoms with Gasteiger partial charge in [-0.1, -0.05) is 60.3 Å². The molecule has 0 aliphatic carbocycles. The molecule has 7 nitrogen and oxygen atoms in total. The third kappa shape index (κ3) is 5.98. The van der Waals surface area contributed by atoms with Gasteiger partial charge in [0.05, 0.1) is 26.2 Å². The summed E-state index contributed by atoms with van der Waals surface area (Å²) < 4.78 is 20.3. The van der Waals surface area contributed by atoms with E-state index < -0.39 is 12.7 Å². The molecule has 0 saturated carbocycles. The Kier molecular flexibility index (Phi) is 8.27. The number of aromatic nitrogens is 4. The van der Waals surface area contributed by atoms with Crippen molar-refractivity contribution in [1.29, 1.82) is 0 Å². The Morgan fingerprint density at radius 3 is 2.54 bits per heavy atom. The van der Waals surface area contributed by atoms with Gasteiger partial charge in [0.15, 0.2) is 11.0 Å². The second-order valence-electron chi connectivity index (χ2n) is 9.17. The first-order valence-corrected chi connectivity index (χ1v) is 13.7. The van der Waals surface area contributed by atoms with Crippen LogP contribution in [0.15, 0.2) is 84.0 Å². The zero-order valence-corrected chi connectivity index (χ0v) is 22.7. The van der Waals surface area contributed by atoms with Gasteiger partial charge in [0.1, 0.15) is 5.75 Å². The normalized spacial score (nSPS) is 12.0. The van der Waals surface area contributed by atoms with Gasteiger partial charge in [-0.25, -0.2) is 0 Å². The van der Waals surface area contributed by atoms with Crippen molar-refractivity contribution in [3.05, 3.63) is 102 Å². The van der Waals surface area contributed by atoms with Gasteiger partial charge in [-0.05, 0) is 54.8 Å². The summed E-state index contributed by atoms with van der Waals surface area (Å²) in [6, 6.07) is 25.0. The molecule has 2 N–H and O–H groups in total. The lowest BCUT2D eigenvalue weighted by atomic mass is 10.0. The molecule has 0 aliphatic heterocycles. The molecule has 2 heterocycles. The molecule has 0 radical (unpaired) electrons. The number of aromatic amines is 1. The first kappa shape index (κ1) is 26.5. The molecular formula is C30H30FN5O2S. The SMILES string of the molecule is COc1ccc(-n2c(SCCF)nnc2C(Cc2ccccc2)NC(=O)Cc2c(C)[nH]c3ccccc23)cc1. The molecule has 0 aliphatic rings. The highest BCUT2D eigenvalue weighted by Crippen LogP contribution is 2.29. The first-order chi connectivity index (χ1) is 19.1. The summed E-state index contributed by atoms with van der Waals surface area (Å²) >= 11 is 1.29. The predicted octanol–water partition coefficient (Wildman–Crippen LogP) is 5.77. The second-order valence-corrected chi connectivity index (χ2v) is 10.2. The van der Waals surface area contributed by atoms with Crippen LogP contribution in [0.1, 0.15) is 28.7 Å². The van der Waals surface area contributed by atoms with Gasteiger partial charge in [-0.3, -0.25) is 13.8 Å². The molecule has 9 heteroatoms. The van der Waals surface area contributed by atoms with Gasteiger partial charge < -0.3 is 15.0 Å². The molecule has 39 heavy (non-hydrogen) atoms. The molecule has 3 aromatic carbocycles. The van der Waals surface area contributed by atoms with Crippen LogP contribution >= 0.6 is 11.8 Å². The number of nitrogens with zero attached hydrogens (tertiary/aromatic N) is 3. The lowest BCUT2D eigenvalue weighted by Gasteiger charge is -2.20. The number of hydrogen-bond donors (Lipinski definition) is 2. The number of rotatable bonds is 11. The van der Waals surface area contributed by atoms with E-state index in [1.54, 1.807) is 7.11 Å². The van der Waals surface area contributed by atoms with Crippen molar-refractivity contribution in [1.82, 2.24) is 25.1 Å². The van der Waals surface area contributed by atoms with E-state index in [1.165, 1.54) is 11.8 Å². The number of H-pyrrole nitrogens is 1. The van der Waals surface area contributed by atoms with E-state index in [0.717, 1.165) is 39.2 Å². The van der Waals surface area contributed by atoms with Gasteiger partial charge in [-0.15, -0.1) is 10.2 Å². The largest absolute Gasteiger partial charge is 0.497 e. The fourth-order valence-corrected chi connectivity index (χ4v) is 5.42. The number of benzene rings is 3. The first-order valence-electron chi connectivity index (χ1n) is 12.8. The maximum Gasteiger partial charge on any atom is 0.225 e. The second kappa shape index (κ2) is 12.2. The summed E-state index contributed by atoms with van der Waals surface area (Å²) in [4.78, 5) is 16.9. The van der Waals surface area contributed by atoms with Crippen molar-refractivity contribution in [3.8, 4) is 11.4 Å². The third-order valence-electron chi connectivity index (χ3n) is 6.59. The Morgan fingerprint density at radius 1 is 1.05 bits per heavy atom. The van der Waals surface area contributed by atoms with Crippen LogP contribution in [-0.4, -0.2) is 45.2 Å². The van der Waals surface area contributed by atoms with Gasteiger partial charge in [0.25, 0.3) is 0 Å². The number of amides is 1. The minimum Gasteiger partial charge on any atom is -0.497 e. The van der Waals surface area contributed by atoms with Gasteiger partial charge >= 0.3 is 0 Å². The van der Waals surface area contributed by atoms with Crippen molar-refractivity contribution < 1.29 is 13.9 Å². The van der Waals surface area contributed by atoms with E-state index in [1.807, 2.05) is 90.4 Å². The van der Waals surface area contributed by atoms with Crippen LogP contribution in [0, 0.1) is 6.92 Å². The van der Waals surface area contributed by atoms with E-state index in [9.17, 15) is 9.18 Å². The highest BCUT2D eigenvalue weighted by Gasteiger charge is 2.25. The number of carbonyl (C=O) groups excluding carboxylic acids is 1. The molecule has 1 unspecified atom stereocenters. The zero-order chi connectivity index (χ0) is 27.2. The number of hydrogen-bond acceptors (Lipinski definition) is 5. The van der Waals surface area contributed by atoms with Crippen LogP contribution in [-0.2, 0) is 17.6 Å². The number of halogens is 1. The minimum absolute atomic E-state index is 0.119. The number of thioether (sulfide) groups is 1. The Balaban J connectivity index is 1.51. The Bertz CT molecular complexity index is 1550. The topological polar surface area (TPSA) is 84.8 Å². The minimum atomic E-state index is -0.483. The monoisotopic (exact) mass is 543 g/mol. The predicted molar refractivity (Wildman–Crippen MR) is 152 cm³/mol. The van der Waals surface area contributed by atoms with Gasteiger partial charge in [0.2, 0.25) is 5.91 Å². The number of para-hydroxylation sites is 1. The van der Waals surface area contributed by atoms with Crippen LogP contribution in [0.3, 0.4) is 0 Å². The average Bonchev–Trinajstić information content (AvgIpc) is 3.52. The number of alkyl halides is 1. The molecule has 0 saturated heterocycles. The molecule has 0 spiro atoms. The van der Waals surface area contributed by atoms with Crippen molar-refractivity contribution in [2.24, 2.45) is 0 Å². The summed E-state index contributed by atoms with van der Waals surface area (Å²) in [6.45, 7) is 1.50. The number of nitrogens with one attached hydrogen (secondary N) is 2. The van der Waals surface area contributed by atoms with Crippen LogP contribution < -0.4 is 10.1 Å². The van der Waals surface area contributed by atoms with E-state index in [-0.39, 0.29) is 18.1 Å². The number of aryl methyl sites for hydroxylation is 1. The maximum absolute atomic E-state index is 13.5. The van der Waals surface area contributed by atoms with Gasteiger partial charge in [-0.2, -0.15) is 0 Å². The molecule has 5 aromatic rings. The van der Waals surface area contributed by atoms with Crippen LogP contribution in [0.5, 0.6) is 5.75 Å².